The van der Waals surface area contributed by atoms with E-state index in [9.17, 15) is 14.9 Å². The first kappa shape index (κ1) is 25.3. The Kier molecular flexibility index (Phi) is 8.23. The van der Waals surface area contributed by atoms with Gasteiger partial charge in [-0.25, -0.2) is 4.79 Å². The SMILES string of the molecule is CCOc1ccccc1CCC(=O)Nc1sc2c(c1C#N)CCC(OC(=O)NCc1cnn(C)c1)C2. The maximum absolute atomic E-state index is 12.7. The maximum atomic E-state index is 12.7. The van der Waals surface area contributed by atoms with Crippen molar-refractivity contribution in [1.82, 2.24) is 15.1 Å². The topological polar surface area (TPSA) is 118 Å². The van der Waals surface area contributed by atoms with Crippen molar-refractivity contribution in [2.45, 2.75) is 51.7 Å². The first-order chi connectivity index (χ1) is 17.5. The highest BCUT2D eigenvalue weighted by molar-refractivity contribution is 7.16. The number of anilines is 1. The number of hydrogen-bond acceptors (Lipinski definition) is 7. The van der Waals surface area contributed by atoms with E-state index in [0.29, 0.717) is 49.4 Å². The zero-order chi connectivity index (χ0) is 25.5. The van der Waals surface area contributed by atoms with Gasteiger partial charge in [0, 0.05) is 43.1 Å². The second-order valence-electron chi connectivity index (χ2n) is 8.55. The largest absolute Gasteiger partial charge is 0.494 e. The highest BCUT2D eigenvalue weighted by Crippen LogP contribution is 2.38. The predicted molar refractivity (Wildman–Crippen MR) is 136 cm³/mol. The minimum absolute atomic E-state index is 0.154. The third-order valence-electron chi connectivity index (χ3n) is 5.95. The number of aromatic nitrogens is 2. The van der Waals surface area contributed by atoms with E-state index in [-0.39, 0.29) is 18.4 Å². The summed E-state index contributed by atoms with van der Waals surface area (Å²) in [5.41, 5.74) is 3.31. The monoisotopic (exact) mass is 507 g/mol. The molecular formula is C26H29N5O4S. The Labute approximate surface area is 214 Å². The van der Waals surface area contributed by atoms with Gasteiger partial charge in [0.25, 0.3) is 0 Å². The number of amides is 2. The van der Waals surface area contributed by atoms with Gasteiger partial charge in [-0.1, -0.05) is 18.2 Å². The Hall–Kier alpha value is -3.84. The van der Waals surface area contributed by atoms with Crippen LogP contribution < -0.4 is 15.4 Å². The number of nitrogens with one attached hydrogen (secondary N) is 2. The fourth-order valence-electron chi connectivity index (χ4n) is 4.24. The van der Waals surface area contributed by atoms with Gasteiger partial charge in [-0.2, -0.15) is 10.4 Å². The smallest absolute Gasteiger partial charge is 0.407 e. The van der Waals surface area contributed by atoms with Gasteiger partial charge in [-0.3, -0.25) is 9.48 Å². The van der Waals surface area contributed by atoms with Crippen molar-refractivity contribution in [1.29, 1.82) is 5.26 Å². The highest BCUT2D eigenvalue weighted by Gasteiger charge is 2.28. The molecule has 2 N–H and O–H groups in total. The van der Waals surface area contributed by atoms with Crippen molar-refractivity contribution >= 4 is 28.3 Å². The average molecular weight is 508 g/mol. The summed E-state index contributed by atoms with van der Waals surface area (Å²) in [7, 11) is 1.82. The normalized spacial score (nSPS) is 14.4. The van der Waals surface area contributed by atoms with Crippen LogP contribution >= 0.6 is 11.3 Å². The van der Waals surface area contributed by atoms with E-state index >= 15 is 0 Å². The third-order valence-corrected chi connectivity index (χ3v) is 7.12. The Morgan fingerprint density at radius 1 is 1.33 bits per heavy atom. The number of alkyl carbamates (subject to hydrolysis) is 1. The molecular weight excluding hydrogens is 478 g/mol. The van der Waals surface area contributed by atoms with Gasteiger partial charge in [0.1, 0.15) is 22.9 Å². The number of benzene rings is 1. The molecule has 1 aliphatic carbocycles. The number of nitriles is 1. The van der Waals surface area contributed by atoms with Gasteiger partial charge in [-0.15, -0.1) is 11.3 Å². The zero-order valence-electron chi connectivity index (χ0n) is 20.4. The molecule has 1 aliphatic rings. The van der Waals surface area contributed by atoms with Crippen LogP contribution in [0.25, 0.3) is 0 Å². The molecule has 10 heteroatoms. The molecule has 1 aromatic carbocycles. The minimum Gasteiger partial charge on any atom is -0.494 e. The van der Waals surface area contributed by atoms with E-state index in [1.165, 1.54) is 11.3 Å². The van der Waals surface area contributed by atoms with Crippen LogP contribution in [0.4, 0.5) is 9.80 Å². The first-order valence-corrected chi connectivity index (χ1v) is 12.8. The fraction of sp³-hybridized carbons (Fsp3) is 0.385. The van der Waals surface area contributed by atoms with Crippen molar-refractivity contribution in [3.63, 3.8) is 0 Å². The number of aryl methyl sites for hydroxylation is 2. The molecule has 3 aromatic rings. The quantitative estimate of drug-likeness (QED) is 0.450. The van der Waals surface area contributed by atoms with E-state index in [1.807, 2.05) is 44.4 Å². The van der Waals surface area contributed by atoms with Gasteiger partial charge in [0.15, 0.2) is 0 Å². The number of para-hydroxylation sites is 1. The summed E-state index contributed by atoms with van der Waals surface area (Å²) in [6, 6.07) is 9.94. The van der Waals surface area contributed by atoms with Crippen LogP contribution in [0.3, 0.4) is 0 Å². The van der Waals surface area contributed by atoms with E-state index in [2.05, 4.69) is 21.8 Å². The summed E-state index contributed by atoms with van der Waals surface area (Å²) in [6.45, 7) is 2.83. The third kappa shape index (κ3) is 6.23. The molecule has 0 bridgehead atoms. The fourth-order valence-corrected chi connectivity index (χ4v) is 5.52. The van der Waals surface area contributed by atoms with E-state index < -0.39 is 6.09 Å². The molecule has 2 aromatic heterocycles. The predicted octanol–water partition coefficient (Wildman–Crippen LogP) is 4.11. The molecule has 0 spiro atoms. The van der Waals surface area contributed by atoms with Crippen LogP contribution in [0.15, 0.2) is 36.7 Å². The van der Waals surface area contributed by atoms with Crippen LogP contribution in [-0.4, -0.2) is 34.5 Å². The molecule has 2 heterocycles. The molecule has 1 atom stereocenters. The number of carbonyl (C=O) groups is 2. The lowest BCUT2D eigenvalue weighted by atomic mass is 9.94. The van der Waals surface area contributed by atoms with Crippen molar-refractivity contribution in [3.05, 3.63) is 63.8 Å². The van der Waals surface area contributed by atoms with Crippen LogP contribution in [0.2, 0.25) is 0 Å². The van der Waals surface area contributed by atoms with Crippen LogP contribution in [0, 0.1) is 11.3 Å². The van der Waals surface area contributed by atoms with Crippen LogP contribution in [0.1, 0.15) is 46.9 Å². The Balaban J connectivity index is 1.33. The van der Waals surface area contributed by atoms with Crippen molar-refractivity contribution in [2.75, 3.05) is 11.9 Å². The molecule has 0 fully saturated rings. The van der Waals surface area contributed by atoms with Gasteiger partial charge < -0.3 is 20.1 Å². The van der Waals surface area contributed by atoms with Crippen molar-refractivity contribution in [3.8, 4) is 11.8 Å². The summed E-state index contributed by atoms with van der Waals surface area (Å²) >= 11 is 1.39. The number of thiophene rings is 1. The number of fused-ring (bicyclic) bond motifs is 1. The first-order valence-electron chi connectivity index (χ1n) is 11.9. The molecule has 0 aliphatic heterocycles. The maximum Gasteiger partial charge on any atom is 0.407 e. The lowest BCUT2D eigenvalue weighted by molar-refractivity contribution is -0.116. The van der Waals surface area contributed by atoms with E-state index in [4.69, 9.17) is 9.47 Å². The highest BCUT2D eigenvalue weighted by atomic mass is 32.1. The number of ether oxygens (including phenoxy) is 2. The molecule has 0 radical (unpaired) electrons. The van der Waals surface area contributed by atoms with E-state index in [0.717, 1.165) is 27.3 Å². The second kappa shape index (κ2) is 11.7. The molecule has 0 saturated carbocycles. The molecule has 1 unspecified atom stereocenters. The summed E-state index contributed by atoms with van der Waals surface area (Å²) in [6.07, 6.45) is 5.34. The molecule has 9 nitrogen and oxygen atoms in total. The Morgan fingerprint density at radius 3 is 2.92 bits per heavy atom. The number of nitrogens with zero attached hydrogens (tertiary/aromatic N) is 3. The van der Waals surface area contributed by atoms with E-state index in [1.54, 1.807) is 10.9 Å². The summed E-state index contributed by atoms with van der Waals surface area (Å²) < 4.78 is 12.9. The lowest BCUT2D eigenvalue weighted by Gasteiger charge is -2.22. The standard InChI is InChI=1S/C26H29N5O4S/c1-3-34-22-7-5-4-6-18(22)8-11-24(32)30-25-21(13-27)20-10-9-19(12-23(20)36-25)35-26(33)28-14-17-15-29-31(2)16-17/h4-7,15-16,19H,3,8-12,14H2,1-2H3,(H,28,33)(H,30,32). The summed E-state index contributed by atoms with van der Waals surface area (Å²) in [4.78, 5) is 25.9. The van der Waals surface area contributed by atoms with Crippen molar-refractivity contribution in [2.24, 2.45) is 7.05 Å². The second-order valence-corrected chi connectivity index (χ2v) is 9.66. The van der Waals surface area contributed by atoms with Gasteiger partial charge >= 0.3 is 6.09 Å². The number of carbonyl (C=O) groups excluding carboxylic acids is 2. The van der Waals surface area contributed by atoms with Crippen molar-refractivity contribution < 1.29 is 19.1 Å². The molecule has 2 amide bonds. The van der Waals surface area contributed by atoms with Gasteiger partial charge in [-0.05, 0) is 43.4 Å². The molecule has 36 heavy (non-hydrogen) atoms. The van der Waals surface area contributed by atoms with Crippen LogP contribution in [-0.2, 0) is 42.4 Å². The number of hydrogen-bond donors (Lipinski definition) is 2. The summed E-state index contributed by atoms with van der Waals surface area (Å²) in [5, 5.41) is 20.1. The molecule has 188 valence electrons. The lowest BCUT2D eigenvalue weighted by Crippen LogP contribution is -2.31. The Morgan fingerprint density at radius 2 is 2.17 bits per heavy atom. The minimum atomic E-state index is -0.481. The zero-order valence-corrected chi connectivity index (χ0v) is 21.2. The summed E-state index contributed by atoms with van der Waals surface area (Å²) in [5.74, 6) is 0.631. The average Bonchev–Trinajstić information content (AvgIpc) is 3.44. The number of rotatable bonds is 9. The van der Waals surface area contributed by atoms with Gasteiger partial charge in [0.05, 0.1) is 18.4 Å². The molecule has 4 rings (SSSR count). The Bertz CT molecular complexity index is 1280. The van der Waals surface area contributed by atoms with Crippen LogP contribution in [0.5, 0.6) is 5.75 Å². The molecule has 0 saturated heterocycles. The van der Waals surface area contributed by atoms with Gasteiger partial charge in [0.2, 0.25) is 5.91 Å².